The highest BCUT2D eigenvalue weighted by molar-refractivity contribution is 6.07. The summed E-state index contributed by atoms with van der Waals surface area (Å²) in [5, 5.41) is 0. The Hall–Kier alpha value is -2.43. The first kappa shape index (κ1) is 16.9. The largest absolute Gasteiger partial charge is 0.462 e. The molecule has 0 radical (unpaired) electrons. The average molecular weight is 315 g/mol. The molecule has 0 aromatic carbocycles. The highest BCUT2D eigenvalue weighted by Gasteiger charge is 2.27. The highest BCUT2D eigenvalue weighted by Crippen LogP contribution is 2.20. The maximum absolute atomic E-state index is 12.8. The normalized spacial score (nSPS) is 10.7. The minimum Gasteiger partial charge on any atom is -0.462 e. The molecule has 2 aromatic heterocycles. The molecule has 0 aliphatic rings. The van der Waals surface area contributed by atoms with E-state index in [9.17, 15) is 9.59 Å². The van der Waals surface area contributed by atoms with Crippen LogP contribution in [0.2, 0.25) is 0 Å². The van der Waals surface area contributed by atoms with Gasteiger partial charge >= 0.3 is 5.97 Å². The zero-order valence-electron chi connectivity index (χ0n) is 14.3. The Morgan fingerprint density at radius 1 is 1.13 bits per heavy atom. The first-order valence-corrected chi connectivity index (χ1v) is 7.72. The van der Waals surface area contributed by atoms with Gasteiger partial charge in [0.25, 0.3) is 0 Å². The molecule has 2 rings (SSSR count). The molecule has 2 aromatic rings. The molecule has 0 aliphatic heterocycles. The Balaban J connectivity index is 2.40. The molecular weight excluding hydrogens is 292 g/mol. The van der Waals surface area contributed by atoms with Gasteiger partial charge in [-0.25, -0.2) is 4.79 Å². The van der Waals surface area contributed by atoms with Gasteiger partial charge in [0.1, 0.15) is 0 Å². The Labute approximate surface area is 136 Å². The number of nitrogens with zero attached hydrogens (tertiary/aromatic N) is 1. The van der Waals surface area contributed by atoms with Crippen LogP contribution in [0.3, 0.4) is 0 Å². The van der Waals surface area contributed by atoms with Gasteiger partial charge in [0.15, 0.2) is 11.9 Å². The van der Waals surface area contributed by atoms with E-state index in [-0.39, 0.29) is 18.9 Å². The molecule has 0 bridgehead atoms. The van der Waals surface area contributed by atoms with Crippen LogP contribution in [0.15, 0.2) is 18.3 Å². The average Bonchev–Trinajstić information content (AvgIpc) is 2.78. The molecule has 0 unspecified atom stereocenters. The van der Waals surface area contributed by atoms with Crippen molar-refractivity contribution in [1.29, 1.82) is 0 Å². The van der Waals surface area contributed by atoms with Crippen LogP contribution in [0.5, 0.6) is 0 Å². The smallest absolute Gasteiger partial charge is 0.340 e. The molecule has 0 fully saturated rings. The molecule has 1 N–H and O–H groups in total. The van der Waals surface area contributed by atoms with Crippen molar-refractivity contribution >= 4 is 11.8 Å². The van der Waals surface area contributed by atoms with Crippen LogP contribution in [0, 0.1) is 27.7 Å². The number of ether oxygens (including phenoxy) is 1. The second kappa shape index (κ2) is 6.77. The lowest BCUT2D eigenvalue weighted by Crippen LogP contribution is -2.41. The maximum atomic E-state index is 12.8. The molecule has 0 amide bonds. The molecule has 0 saturated carbocycles. The zero-order chi connectivity index (χ0) is 17.1. The van der Waals surface area contributed by atoms with Crippen molar-refractivity contribution in [3.63, 3.8) is 0 Å². The van der Waals surface area contributed by atoms with Crippen molar-refractivity contribution in [3.8, 4) is 0 Å². The topological polar surface area (TPSA) is 63.0 Å². The summed E-state index contributed by atoms with van der Waals surface area (Å²) in [5.74, 6) is -0.558. The number of nitrogens with one attached hydrogen (secondary N) is 1. The Morgan fingerprint density at radius 3 is 2.43 bits per heavy atom. The monoisotopic (exact) mass is 315 g/mol. The third-order valence-electron chi connectivity index (χ3n) is 4.06. The van der Waals surface area contributed by atoms with Gasteiger partial charge < -0.3 is 9.72 Å². The molecule has 0 atom stereocenters. The number of carbonyl (C=O) groups is 2. The highest BCUT2D eigenvalue weighted by atomic mass is 16.5. The van der Waals surface area contributed by atoms with E-state index in [2.05, 4.69) is 4.98 Å². The summed E-state index contributed by atoms with van der Waals surface area (Å²) in [6, 6.07) is 3.92. The molecule has 122 valence electrons. The van der Waals surface area contributed by atoms with E-state index >= 15 is 0 Å². The molecule has 5 nitrogen and oxygen atoms in total. The summed E-state index contributed by atoms with van der Waals surface area (Å²) in [6.07, 6.45) is 1.87. The van der Waals surface area contributed by atoms with Crippen LogP contribution in [0.25, 0.3) is 0 Å². The Morgan fingerprint density at radius 2 is 1.78 bits per heavy atom. The first-order chi connectivity index (χ1) is 10.9. The van der Waals surface area contributed by atoms with E-state index in [4.69, 9.17) is 4.74 Å². The zero-order valence-corrected chi connectivity index (χ0v) is 14.3. The van der Waals surface area contributed by atoms with Crippen LogP contribution in [0.1, 0.15) is 50.3 Å². The van der Waals surface area contributed by atoms with Gasteiger partial charge in [-0.1, -0.05) is 0 Å². The van der Waals surface area contributed by atoms with E-state index in [0.29, 0.717) is 22.5 Å². The van der Waals surface area contributed by atoms with Crippen LogP contribution in [-0.2, 0) is 11.3 Å². The SMILES string of the molecule is CCOC(=O)c1c(C)[nH]c(C)c1C(=O)C[n+]1cccc(C)c1C. The number of hydrogen-bond donors (Lipinski definition) is 1. The molecule has 0 aliphatic carbocycles. The number of pyridine rings is 1. The van der Waals surface area contributed by atoms with E-state index in [1.165, 1.54) is 0 Å². The number of aromatic amines is 1. The summed E-state index contributed by atoms with van der Waals surface area (Å²) in [4.78, 5) is 28.0. The van der Waals surface area contributed by atoms with E-state index in [0.717, 1.165) is 11.3 Å². The van der Waals surface area contributed by atoms with E-state index in [1.54, 1.807) is 20.8 Å². The van der Waals surface area contributed by atoms with Crippen molar-refractivity contribution in [2.45, 2.75) is 41.2 Å². The summed E-state index contributed by atoms with van der Waals surface area (Å²) in [5.41, 5.74) is 4.28. The van der Waals surface area contributed by atoms with Gasteiger partial charge in [0.2, 0.25) is 12.3 Å². The fourth-order valence-electron chi connectivity index (χ4n) is 2.74. The van der Waals surface area contributed by atoms with Crippen molar-refractivity contribution in [2.75, 3.05) is 6.61 Å². The number of carbonyl (C=O) groups excluding carboxylic acids is 2. The molecule has 5 heteroatoms. The summed E-state index contributed by atoms with van der Waals surface area (Å²) >= 11 is 0. The van der Waals surface area contributed by atoms with Gasteiger partial charge in [-0.05, 0) is 33.8 Å². The molecule has 0 saturated heterocycles. The minimum atomic E-state index is -0.455. The van der Waals surface area contributed by atoms with Gasteiger partial charge in [-0.2, -0.15) is 4.57 Å². The van der Waals surface area contributed by atoms with Crippen molar-refractivity contribution in [3.05, 3.63) is 52.1 Å². The lowest BCUT2D eigenvalue weighted by atomic mass is 10.0. The van der Waals surface area contributed by atoms with E-state index < -0.39 is 5.97 Å². The second-order valence-electron chi connectivity index (χ2n) is 5.67. The number of aromatic nitrogens is 2. The fraction of sp³-hybridized carbons (Fsp3) is 0.389. The first-order valence-electron chi connectivity index (χ1n) is 7.72. The number of rotatable bonds is 5. The predicted octanol–water partition coefficient (Wildman–Crippen LogP) is 2.60. The van der Waals surface area contributed by atoms with Crippen LogP contribution in [-0.4, -0.2) is 23.3 Å². The number of Topliss-reactive ketones (excluding diaryl/α,β-unsaturated/α-hetero) is 1. The van der Waals surface area contributed by atoms with Gasteiger partial charge in [0.05, 0.1) is 17.7 Å². The minimum absolute atomic E-state index is 0.103. The number of H-pyrrole nitrogens is 1. The van der Waals surface area contributed by atoms with E-state index in [1.807, 2.05) is 36.7 Å². The number of ketones is 1. The number of aryl methyl sites for hydroxylation is 3. The van der Waals surface area contributed by atoms with Crippen molar-refractivity contribution in [2.24, 2.45) is 0 Å². The van der Waals surface area contributed by atoms with Crippen molar-refractivity contribution < 1.29 is 18.9 Å². The van der Waals surface area contributed by atoms with Crippen LogP contribution in [0.4, 0.5) is 0 Å². The standard InChI is InChI=1S/C18H22N2O3/c1-6-23-18(22)17-13(4)19-12(3)16(17)15(21)10-20-9-7-8-11(2)14(20)5/h7-9H,6,10H2,1-5H3/p+1. The molecule has 2 heterocycles. The molecular formula is C18H23N2O3+. The van der Waals surface area contributed by atoms with Crippen LogP contribution >= 0.6 is 0 Å². The molecule has 23 heavy (non-hydrogen) atoms. The Kier molecular flexibility index (Phi) is 4.98. The molecule has 0 spiro atoms. The third kappa shape index (κ3) is 3.33. The Bertz CT molecular complexity index is 760. The number of esters is 1. The third-order valence-corrected chi connectivity index (χ3v) is 4.06. The quantitative estimate of drug-likeness (QED) is 0.524. The van der Waals surface area contributed by atoms with Gasteiger partial charge in [-0.3, -0.25) is 4.79 Å². The summed E-state index contributed by atoms with van der Waals surface area (Å²) in [6.45, 7) is 9.79. The van der Waals surface area contributed by atoms with Crippen molar-refractivity contribution in [1.82, 2.24) is 4.98 Å². The summed E-state index contributed by atoms with van der Waals surface area (Å²) in [7, 11) is 0. The second-order valence-corrected chi connectivity index (χ2v) is 5.67. The fourth-order valence-corrected chi connectivity index (χ4v) is 2.74. The number of hydrogen-bond acceptors (Lipinski definition) is 3. The maximum Gasteiger partial charge on any atom is 0.340 e. The van der Waals surface area contributed by atoms with Gasteiger partial charge in [0, 0.05) is 29.9 Å². The lowest BCUT2D eigenvalue weighted by molar-refractivity contribution is -0.689. The predicted molar refractivity (Wildman–Crippen MR) is 86.7 cm³/mol. The van der Waals surface area contributed by atoms with Crippen LogP contribution < -0.4 is 4.57 Å². The summed E-state index contributed by atoms with van der Waals surface area (Å²) < 4.78 is 6.99. The van der Waals surface area contributed by atoms with Gasteiger partial charge in [-0.15, -0.1) is 0 Å². The lowest BCUT2D eigenvalue weighted by Gasteiger charge is -2.06.